The summed E-state index contributed by atoms with van der Waals surface area (Å²) < 4.78 is 4.88. The summed E-state index contributed by atoms with van der Waals surface area (Å²) >= 11 is 0. The van der Waals surface area contributed by atoms with Crippen molar-refractivity contribution in [2.45, 2.75) is 69.9 Å². The smallest absolute Gasteiger partial charge is 0.328 e. The second-order valence-corrected chi connectivity index (χ2v) is 8.33. The molecule has 2 amide bonds. The number of nitrogens with one attached hydrogen (secondary N) is 1. The second-order valence-electron chi connectivity index (χ2n) is 8.33. The third kappa shape index (κ3) is 5.52. The maximum atomic E-state index is 13.4. The molecular formula is C23H32N2O5. The molecule has 7 nitrogen and oxygen atoms in total. The van der Waals surface area contributed by atoms with Gasteiger partial charge in [-0.2, -0.15) is 0 Å². The quantitative estimate of drug-likeness (QED) is 0.666. The molecule has 0 bridgehead atoms. The van der Waals surface area contributed by atoms with Crippen molar-refractivity contribution in [1.82, 2.24) is 10.2 Å². The van der Waals surface area contributed by atoms with Crippen molar-refractivity contribution >= 4 is 17.8 Å². The molecule has 30 heavy (non-hydrogen) atoms. The molecule has 2 aliphatic rings. The Bertz CT molecular complexity index is 760. The van der Waals surface area contributed by atoms with E-state index < -0.39 is 18.1 Å². The summed E-state index contributed by atoms with van der Waals surface area (Å²) in [6.07, 6.45) is 7.13. The molecule has 1 saturated carbocycles. The first kappa shape index (κ1) is 22.1. The van der Waals surface area contributed by atoms with Crippen LogP contribution in [0.25, 0.3) is 0 Å². The average Bonchev–Trinajstić information content (AvgIpc) is 3.26. The zero-order chi connectivity index (χ0) is 21.5. The lowest BCUT2D eigenvalue weighted by molar-refractivity contribution is -0.152. The summed E-state index contributed by atoms with van der Waals surface area (Å²) in [6.45, 7) is 0.515. The number of likely N-dealkylation sites (tertiary alicyclic amines) is 1. The number of rotatable bonds is 7. The standard InChI is InChI=1S/C23H32N2O5/c1-30-23(29)19-11-6-14-25(19)22(28)21(17-8-3-2-4-9-17)24-20(27)13-12-16-7-5-10-18(26)15-16/h5,7,10,15,17,19,21,26H,2-4,6,8-9,11-14H2,1H3,(H,24,27). The number of hydrogen-bond acceptors (Lipinski definition) is 5. The Hall–Kier alpha value is -2.57. The number of ether oxygens (including phenoxy) is 1. The van der Waals surface area contributed by atoms with Gasteiger partial charge < -0.3 is 20.1 Å². The molecule has 2 fully saturated rings. The molecule has 1 heterocycles. The third-order valence-electron chi connectivity index (χ3n) is 6.26. The van der Waals surface area contributed by atoms with Crippen molar-refractivity contribution in [1.29, 1.82) is 0 Å². The SMILES string of the molecule is COC(=O)C1CCCN1C(=O)C(NC(=O)CCc1cccc(O)c1)C1CCCCC1. The van der Waals surface area contributed by atoms with Gasteiger partial charge >= 0.3 is 5.97 Å². The van der Waals surface area contributed by atoms with Gasteiger partial charge in [-0.05, 0) is 55.7 Å². The fraction of sp³-hybridized carbons (Fsp3) is 0.609. The minimum atomic E-state index is -0.604. The molecule has 1 aliphatic heterocycles. The summed E-state index contributed by atoms with van der Waals surface area (Å²) in [5.41, 5.74) is 0.871. The van der Waals surface area contributed by atoms with Crippen LogP contribution in [0.2, 0.25) is 0 Å². The van der Waals surface area contributed by atoms with Crippen molar-refractivity contribution < 1.29 is 24.2 Å². The van der Waals surface area contributed by atoms with Crippen LogP contribution in [-0.4, -0.2) is 53.5 Å². The van der Waals surface area contributed by atoms with E-state index in [0.717, 1.165) is 44.1 Å². The van der Waals surface area contributed by atoms with Gasteiger partial charge in [0.2, 0.25) is 11.8 Å². The highest BCUT2D eigenvalue weighted by Gasteiger charge is 2.41. The number of amides is 2. The van der Waals surface area contributed by atoms with Crippen molar-refractivity contribution in [3.8, 4) is 5.75 Å². The molecule has 1 saturated heterocycles. The summed E-state index contributed by atoms with van der Waals surface area (Å²) in [5.74, 6) is -0.476. The van der Waals surface area contributed by atoms with Crippen LogP contribution in [0, 0.1) is 5.92 Å². The van der Waals surface area contributed by atoms with E-state index in [1.165, 1.54) is 7.11 Å². The number of hydrogen-bond donors (Lipinski definition) is 2. The van der Waals surface area contributed by atoms with Crippen molar-refractivity contribution in [3.05, 3.63) is 29.8 Å². The van der Waals surface area contributed by atoms with Crippen LogP contribution in [0.3, 0.4) is 0 Å². The van der Waals surface area contributed by atoms with Gasteiger partial charge in [-0.15, -0.1) is 0 Å². The van der Waals surface area contributed by atoms with Gasteiger partial charge in [0.15, 0.2) is 0 Å². The van der Waals surface area contributed by atoms with E-state index in [9.17, 15) is 19.5 Å². The van der Waals surface area contributed by atoms with Crippen LogP contribution in [0.15, 0.2) is 24.3 Å². The predicted octanol–water partition coefficient (Wildman–Crippen LogP) is 2.55. The van der Waals surface area contributed by atoms with Gasteiger partial charge in [0.05, 0.1) is 7.11 Å². The first-order valence-electron chi connectivity index (χ1n) is 10.9. The summed E-state index contributed by atoms with van der Waals surface area (Å²) in [6, 6.07) is 5.68. The fourth-order valence-corrected chi connectivity index (χ4v) is 4.65. The van der Waals surface area contributed by atoms with E-state index >= 15 is 0 Å². The summed E-state index contributed by atoms with van der Waals surface area (Å²) in [4.78, 5) is 39.8. The predicted molar refractivity (Wildman–Crippen MR) is 112 cm³/mol. The molecule has 164 valence electrons. The van der Waals surface area contributed by atoms with Crippen LogP contribution >= 0.6 is 0 Å². The Morgan fingerprint density at radius 2 is 1.93 bits per heavy atom. The Kier molecular flexibility index (Phi) is 7.71. The van der Waals surface area contributed by atoms with Crippen LogP contribution in [-0.2, 0) is 25.5 Å². The summed E-state index contributed by atoms with van der Waals surface area (Å²) in [7, 11) is 1.34. The molecule has 0 spiro atoms. The van der Waals surface area contributed by atoms with E-state index in [0.29, 0.717) is 19.4 Å². The third-order valence-corrected chi connectivity index (χ3v) is 6.26. The minimum Gasteiger partial charge on any atom is -0.508 e. The largest absolute Gasteiger partial charge is 0.508 e. The number of benzene rings is 1. The van der Waals surface area contributed by atoms with Gasteiger partial charge in [-0.3, -0.25) is 9.59 Å². The first-order chi connectivity index (χ1) is 14.5. The lowest BCUT2D eigenvalue weighted by atomic mass is 9.83. The zero-order valence-corrected chi connectivity index (χ0v) is 17.6. The minimum absolute atomic E-state index is 0.0925. The monoisotopic (exact) mass is 416 g/mol. The number of aryl methyl sites for hydroxylation is 1. The van der Waals surface area contributed by atoms with Crippen LogP contribution < -0.4 is 5.32 Å². The lowest BCUT2D eigenvalue weighted by Gasteiger charge is -2.34. The van der Waals surface area contributed by atoms with Crippen LogP contribution in [0.4, 0.5) is 0 Å². The first-order valence-corrected chi connectivity index (χ1v) is 10.9. The van der Waals surface area contributed by atoms with Crippen molar-refractivity contribution in [2.24, 2.45) is 5.92 Å². The molecule has 2 atom stereocenters. The Morgan fingerprint density at radius 1 is 1.17 bits per heavy atom. The van der Waals surface area contributed by atoms with Gasteiger partial charge in [0.25, 0.3) is 0 Å². The molecular weight excluding hydrogens is 384 g/mol. The fourth-order valence-electron chi connectivity index (χ4n) is 4.65. The number of carbonyl (C=O) groups excluding carboxylic acids is 3. The van der Waals surface area contributed by atoms with Crippen LogP contribution in [0.5, 0.6) is 5.75 Å². The molecule has 0 radical (unpaired) electrons. The molecule has 0 aromatic heterocycles. The average molecular weight is 417 g/mol. The van der Waals surface area contributed by atoms with E-state index in [1.54, 1.807) is 23.1 Å². The van der Waals surface area contributed by atoms with E-state index in [1.807, 2.05) is 6.07 Å². The maximum absolute atomic E-state index is 13.4. The Labute approximate surface area is 177 Å². The number of methoxy groups -OCH3 is 1. The number of nitrogens with zero attached hydrogens (tertiary/aromatic N) is 1. The van der Waals surface area contributed by atoms with Crippen LogP contribution in [0.1, 0.15) is 56.9 Å². The van der Waals surface area contributed by atoms with Gasteiger partial charge in [0, 0.05) is 13.0 Å². The van der Waals surface area contributed by atoms with Crippen molar-refractivity contribution in [2.75, 3.05) is 13.7 Å². The number of esters is 1. The van der Waals surface area contributed by atoms with E-state index in [4.69, 9.17) is 4.74 Å². The second kappa shape index (κ2) is 10.5. The van der Waals surface area contributed by atoms with E-state index in [2.05, 4.69) is 5.32 Å². The molecule has 2 unspecified atom stereocenters. The molecule has 2 N–H and O–H groups in total. The highest BCUT2D eigenvalue weighted by atomic mass is 16.5. The molecule has 1 aromatic rings. The number of phenolic OH excluding ortho intramolecular Hbond substituents is 1. The molecule has 1 aliphatic carbocycles. The highest BCUT2D eigenvalue weighted by molar-refractivity contribution is 5.91. The van der Waals surface area contributed by atoms with Gasteiger partial charge in [0.1, 0.15) is 17.8 Å². The number of aromatic hydroxyl groups is 1. The number of carbonyl (C=O) groups is 3. The Balaban J connectivity index is 1.68. The van der Waals surface area contributed by atoms with E-state index in [-0.39, 0.29) is 29.9 Å². The van der Waals surface area contributed by atoms with Gasteiger partial charge in [-0.1, -0.05) is 31.4 Å². The lowest BCUT2D eigenvalue weighted by Crippen LogP contribution is -2.55. The zero-order valence-electron chi connectivity index (χ0n) is 17.6. The maximum Gasteiger partial charge on any atom is 0.328 e. The topological polar surface area (TPSA) is 95.9 Å². The molecule has 1 aromatic carbocycles. The highest BCUT2D eigenvalue weighted by Crippen LogP contribution is 2.29. The van der Waals surface area contributed by atoms with Crippen molar-refractivity contribution in [3.63, 3.8) is 0 Å². The molecule has 3 rings (SSSR count). The Morgan fingerprint density at radius 3 is 2.63 bits per heavy atom. The molecule has 7 heteroatoms. The normalized spacial score (nSPS) is 20.6. The summed E-state index contributed by atoms with van der Waals surface area (Å²) in [5, 5.41) is 12.6. The van der Waals surface area contributed by atoms with Gasteiger partial charge in [-0.25, -0.2) is 4.79 Å². The number of phenols is 1.